The third-order valence-corrected chi connectivity index (χ3v) is 5.25. The zero-order chi connectivity index (χ0) is 20.0. The Kier molecular flexibility index (Phi) is 7.05. The van der Waals surface area contributed by atoms with Gasteiger partial charge in [0.1, 0.15) is 6.61 Å². The molecule has 0 fully saturated rings. The second-order valence-corrected chi connectivity index (χ2v) is 8.69. The van der Waals surface area contributed by atoms with Crippen LogP contribution in [0.1, 0.15) is 31.0 Å². The van der Waals surface area contributed by atoms with E-state index in [-0.39, 0.29) is 6.04 Å². The largest absolute Gasteiger partial charge is 0.493 e. The lowest BCUT2D eigenvalue weighted by Crippen LogP contribution is -2.18. The van der Waals surface area contributed by atoms with Crippen molar-refractivity contribution in [3.63, 3.8) is 0 Å². The van der Waals surface area contributed by atoms with Gasteiger partial charge in [0.2, 0.25) is 0 Å². The van der Waals surface area contributed by atoms with Gasteiger partial charge in [-0.1, -0.05) is 24.8 Å². The van der Waals surface area contributed by atoms with E-state index in [1.54, 1.807) is 19.2 Å². The van der Waals surface area contributed by atoms with Crippen molar-refractivity contribution in [3.05, 3.63) is 65.7 Å². The monoisotopic (exact) mass is 389 g/mol. The molecule has 1 N–H and O–H groups in total. The predicted molar refractivity (Wildman–Crippen MR) is 108 cm³/mol. The Morgan fingerprint density at radius 3 is 2.37 bits per heavy atom. The minimum Gasteiger partial charge on any atom is -0.493 e. The minimum atomic E-state index is -3.18. The summed E-state index contributed by atoms with van der Waals surface area (Å²) in [7, 11) is -1.56. The summed E-state index contributed by atoms with van der Waals surface area (Å²) >= 11 is 0. The van der Waals surface area contributed by atoms with Crippen LogP contribution < -0.4 is 14.8 Å². The molecule has 0 bridgehead atoms. The van der Waals surface area contributed by atoms with E-state index in [0.717, 1.165) is 16.7 Å². The lowest BCUT2D eigenvalue weighted by molar-refractivity contribution is 0.319. The Morgan fingerprint density at radius 1 is 1.15 bits per heavy atom. The predicted octanol–water partition coefficient (Wildman–Crippen LogP) is 3.90. The standard InChI is InChI=1S/C21H27NO4S/c1-15(2)14-26-21-12-17(6-11-20(21)25-4)13-22-16(3)18-7-9-19(10-8-18)27(5,23)24/h6-12,16,22H,1,13-14H2,2-5H3. The topological polar surface area (TPSA) is 64.6 Å². The summed E-state index contributed by atoms with van der Waals surface area (Å²) in [6.45, 7) is 8.88. The van der Waals surface area contributed by atoms with Crippen LogP contribution in [0.2, 0.25) is 0 Å². The first-order valence-corrected chi connectivity index (χ1v) is 10.6. The fourth-order valence-corrected chi connectivity index (χ4v) is 3.17. The molecule has 0 aliphatic rings. The molecule has 0 aliphatic carbocycles. The average Bonchev–Trinajstić information content (AvgIpc) is 2.63. The van der Waals surface area contributed by atoms with Crippen molar-refractivity contribution in [2.75, 3.05) is 20.0 Å². The van der Waals surface area contributed by atoms with Crippen LogP contribution in [0.15, 0.2) is 59.5 Å². The molecule has 1 unspecified atom stereocenters. The normalized spacial score (nSPS) is 12.4. The van der Waals surface area contributed by atoms with Crippen molar-refractivity contribution < 1.29 is 17.9 Å². The van der Waals surface area contributed by atoms with Crippen LogP contribution in [0.25, 0.3) is 0 Å². The Hall–Kier alpha value is -2.31. The van der Waals surface area contributed by atoms with Gasteiger partial charge in [-0.2, -0.15) is 0 Å². The average molecular weight is 390 g/mol. The molecule has 146 valence electrons. The Labute approximate surface area is 161 Å². The van der Waals surface area contributed by atoms with E-state index in [0.29, 0.717) is 29.5 Å². The van der Waals surface area contributed by atoms with Crippen molar-refractivity contribution in [1.82, 2.24) is 5.32 Å². The molecule has 27 heavy (non-hydrogen) atoms. The van der Waals surface area contributed by atoms with Crippen LogP contribution in [0.3, 0.4) is 0 Å². The zero-order valence-corrected chi connectivity index (χ0v) is 17.1. The van der Waals surface area contributed by atoms with Gasteiger partial charge in [0, 0.05) is 18.8 Å². The summed E-state index contributed by atoms with van der Waals surface area (Å²) < 4.78 is 34.2. The van der Waals surface area contributed by atoms with E-state index in [4.69, 9.17) is 9.47 Å². The number of sulfone groups is 1. The molecular weight excluding hydrogens is 362 g/mol. The first-order chi connectivity index (χ1) is 12.7. The van der Waals surface area contributed by atoms with Gasteiger partial charge in [0.05, 0.1) is 12.0 Å². The third-order valence-electron chi connectivity index (χ3n) is 4.12. The van der Waals surface area contributed by atoms with E-state index >= 15 is 0 Å². The Balaban J connectivity index is 2.04. The maximum atomic E-state index is 11.6. The zero-order valence-electron chi connectivity index (χ0n) is 16.3. The lowest BCUT2D eigenvalue weighted by atomic mass is 10.1. The molecule has 0 saturated carbocycles. The summed E-state index contributed by atoms with van der Waals surface area (Å²) in [4.78, 5) is 0.327. The molecule has 0 heterocycles. The van der Waals surface area contributed by atoms with Gasteiger partial charge in [-0.15, -0.1) is 0 Å². The molecule has 0 aromatic heterocycles. The lowest BCUT2D eigenvalue weighted by Gasteiger charge is -2.16. The van der Waals surface area contributed by atoms with Gasteiger partial charge in [0.25, 0.3) is 0 Å². The molecule has 2 aromatic rings. The fourth-order valence-electron chi connectivity index (χ4n) is 2.54. The minimum absolute atomic E-state index is 0.0699. The van der Waals surface area contributed by atoms with Crippen LogP contribution in [0, 0.1) is 0 Å². The molecule has 0 spiro atoms. The first kappa shape index (κ1) is 21.0. The van der Waals surface area contributed by atoms with Crippen LogP contribution in [0.4, 0.5) is 0 Å². The Bertz CT molecular complexity index is 889. The van der Waals surface area contributed by atoms with Gasteiger partial charge >= 0.3 is 0 Å². The molecule has 0 radical (unpaired) electrons. The number of methoxy groups -OCH3 is 1. The molecule has 6 heteroatoms. The van der Waals surface area contributed by atoms with E-state index in [1.807, 2.05) is 44.2 Å². The first-order valence-electron chi connectivity index (χ1n) is 8.68. The van der Waals surface area contributed by atoms with Gasteiger partial charge in [-0.25, -0.2) is 8.42 Å². The van der Waals surface area contributed by atoms with Crippen molar-refractivity contribution in [2.45, 2.75) is 31.3 Å². The van der Waals surface area contributed by atoms with Gasteiger partial charge in [0.15, 0.2) is 21.3 Å². The van der Waals surface area contributed by atoms with E-state index < -0.39 is 9.84 Å². The van der Waals surface area contributed by atoms with E-state index in [9.17, 15) is 8.42 Å². The highest BCUT2D eigenvalue weighted by Crippen LogP contribution is 2.28. The summed E-state index contributed by atoms with van der Waals surface area (Å²) in [5.74, 6) is 1.37. The van der Waals surface area contributed by atoms with Crippen LogP contribution >= 0.6 is 0 Å². The van der Waals surface area contributed by atoms with Crippen molar-refractivity contribution in [3.8, 4) is 11.5 Å². The SMILES string of the molecule is C=C(C)COc1cc(CNC(C)c2ccc(S(C)(=O)=O)cc2)ccc1OC. The second kappa shape index (κ2) is 9.06. The van der Waals surface area contributed by atoms with Gasteiger partial charge in [-0.05, 0) is 54.8 Å². The van der Waals surface area contributed by atoms with Crippen LogP contribution in [-0.2, 0) is 16.4 Å². The highest BCUT2D eigenvalue weighted by Gasteiger charge is 2.11. The highest BCUT2D eigenvalue weighted by atomic mass is 32.2. The Morgan fingerprint density at radius 2 is 1.81 bits per heavy atom. The fraction of sp³-hybridized carbons (Fsp3) is 0.333. The van der Waals surface area contributed by atoms with E-state index in [2.05, 4.69) is 11.9 Å². The van der Waals surface area contributed by atoms with Gasteiger partial charge in [-0.3, -0.25) is 0 Å². The maximum absolute atomic E-state index is 11.6. The molecule has 1 atom stereocenters. The molecule has 0 saturated heterocycles. The number of benzene rings is 2. The molecule has 2 aromatic carbocycles. The summed E-state index contributed by atoms with van der Waals surface area (Å²) in [6.07, 6.45) is 1.21. The number of rotatable bonds is 9. The van der Waals surface area contributed by atoms with Gasteiger partial charge < -0.3 is 14.8 Å². The molecule has 0 aliphatic heterocycles. The molecule has 0 amide bonds. The van der Waals surface area contributed by atoms with Crippen molar-refractivity contribution >= 4 is 9.84 Å². The maximum Gasteiger partial charge on any atom is 0.175 e. The summed E-state index contributed by atoms with van der Waals surface area (Å²) in [6, 6.07) is 12.8. The second-order valence-electron chi connectivity index (χ2n) is 6.67. The highest BCUT2D eigenvalue weighted by molar-refractivity contribution is 7.90. The summed E-state index contributed by atoms with van der Waals surface area (Å²) in [5.41, 5.74) is 3.02. The molecule has 2 rings (SSSR count). The van der Waals surface area contributed by atoms with Crippen molar-refractivity contribution in [2.24, 2.45) is 0 Å². The summed E-state index contributed by atoms with van der Waals surface area (Å²) in [5, 5.41) is 3.44. The van der Waals surface area contributed by atoms with Crippen LogP contribution in [0.5, 0.6) is 11.5 Å². The quantitative estimate of drug-likeness (QED) is 0.659. The number of nitrogens with one attached hydrogen (secondary N) is 1. The smallest absolute Gasteiger partial charge is 0.175 e. The molecular formula is C21H27NO4S. The third kappa shape index (κ3) is 6.12. The number of ether oxygens (including phenoxy) is 2. The molecule has 5 nitrogen and oxygen atoms in total. The van der Waals surface area contributed by atoms with Crippen molar-refractivity contribution in [1.29, 1.82) is 0 Å². The van der Waals surface area contributed by atoms with Crippen LogP contribution in [-0.4, -0.2) is 28.4 Å². The number of hydrogen-bond donors (Lipinski definition) is 1. The number of hydrogen-bond acceptors (Lipinski definition) is 5. The van der Waals surface area contributed by atoms with E-state index in [1.165, 1.54) is 6.26 Å².